The first kappa shape index (κ1) is 37.8. The van der Waals surface area contributed by atoms with E-state index in [1.165, 1.54) is 61.9 Å². The quantitative estimate of drug-likeness (QED) is 0.166. The minimum Gasteiger partial charge on any atom is -0.456 e. The molecule has 0 aliphatic carbocycles. The van der Waals surface area contributed by atoms with Crippen molar-refractivity contribution < 1.29 is 4.42 Å². The van der Waals surface area contributed by atoms with Crippen LogP contribution in [0.15, 0.2) is 298 Å². The number of fused-ring (bicyclic) bond motifs is 7. The first-order chi connectivity index (χ1) is 32.3. The van der Waals surface area contributed by atoms with Crippen molar-refractivity contribution in [1.29, 1.82) is 0 Å². The SMILES string of the molecule is c1ccc(S2(c3ccccc3)c3ccccc3N(c3ccc4oc5ccc(N6c7ccccc7S(c7ccccc7)(c7ccccc7)c7ccccc76)cc5c4c3)c3ccccc32)cc1. The molecule has 0 spiro atoms. The van der Waals surface area contributed by atoms with E-state index in [1.807, 2.05) is 0 Å². The smallest absolute Gasteiger partial charge is 0.135 e. The van der Waals surface area contributed by atoms with E-state index in [2.05, 4.69) is 265 Å². The van der Waals surface area contributed by atoms with Gasteiger partial charge in [-0.25, -0.2) is 0 Å². The standard InChI is InChI=1S/C60H42N2OS2/c1-5-21-45(22-6-1)64(46-23-7-2-8-24-46)57-33-17-13-29-51(57)61(52-30-14-18-34-58(52)64)43-37-39-55-49(41-43)50-42-44(38-40-56(50)63-55)62-53-31-15-19-35-59(53)65(47-25-9-3-10-26-47,48-27-11-4-12-28-48)60-36-20-16-32-54(60)62/h1-42H. The van der Waals surface area contributed by atoms with Crippen molar-refractivity contribution in [3.05, 3.63) is 255 Å². The average molecular weight is 871 g/mol. The number of furan rings is 1. The summed E-state index contributed by atoms with van der Waals surface area (Å²) in [7, 11) is -3.71. The summed E-state index contributed by atoms with van der Waals surface area (Å²) in [6, 6.07) is 94.0. The summed E-state index contributed by atoms with van der Waals surface area (Å²) >= 11 is 0. The van der Waals surface area contributed by atoms with Crippen LogP contribution in [0.5, 0.6) is 0 Å². The minimum absolute atomic E-state index is 0.865. The van der Waals surface area contributed by atoms with Crippen molar-refractivity contribution in [3.8, 4) is 0 Å². The van der Waals surface area contributed by atoms with E-state index in [-0.39, 0.29) is 0 Å². The molecule has 0 bridgehead atoms. The molecule has 310 valence electrons. The predicted molar refractivity (Wildman–Crippen MR) is 270 cm³/mol. The zero-order valence-corrected chi connectivity index (χ0v) is 37.0. The molecule has 2 aliphatic heterocycles. The molecule has 3 heterocycles. The van der Waals surface area contributed by atoms with Crippen LogP contribution in [-0.4, -0.2) is 0 Å². The molecular formula is C60H42N2OS2. The summed E-state index contributed by atoms with van der Waals surface area (Å²) in [4.78, 5) is 15.5. The molecule has 0 unspecified atom stereocenters. The molecule has 0 atom stereocenters. The first-order valence-corrected chi connectivity index (χ1v) is 25.3. The first-order valence-electron chi connectivity index (χ1n) is 22.1. The van der Waals surface area contributed by atoms with Gasteiger partial charge < -0.3 is 14.2 Å². The number of para-hydroxylation sites is 4. The van der Waals surface area contributed by atoms with Gasteiger partial charge in [-0.1, -0.05) is 121 Å². The van der Waals surface area contributed by atoms with Gasteiger partial charge in [0, 0.05) is 61.3 Å². The van der Waals surface area contributed by atoms with Crippen LogP contribution in [0.1, 0.15) is 0 Å². The highest BCUT2D eigenvalue weighted by Crippen LogP contribution is 2.81. The molecule has 5 heteroatoms. The van der Waals surface area contributed by atoms with E-state index < -0.39 is 20.1 Å². The summed E-state index contributed by atoms with van der Waals surface area (Å²) < 4.78 is 6.68. The van der Waals surface area contributed by atoms with Gasteiger partial charge in [-0.2, -0.15) is 0 Å². The Morgan fingerprint density at radius 2 is 0.523 bits per heavy atom. The third-order valence-electron chi connectivity index (χ3n) is 13.1. The van der Waals surface area contributed by atoms with E-state index in [0.717, 1.165) is 33.3 Å². The molecule has 0 N–H and O–H groups in total. The lowest BCUT2D eigenvalue weighted by molar-refractivity contribution is 0.669. The summed E-state index contributed by atoms with van der Waals surface area (Å²) in [6.45, 7) is 0. The lowest BCUT2D eigenvalue weighted by Gasteiger charge is -2.50. The highest BCUT2D eigenvalue weighted by atomic mass is 32.3. The molecule has 0 fully saturated rings. The highest BCUT2D eigenvalue weighted by Gasteiger charge is 2.44. The van der Waals surface area contributed by atoms with Gasteiger partial charge in [-0.3, -0.25) is 0 Å². The van der Waals surface area contributed by atoms with Crippen molar-refractivity contribution in [2.75, 3.05) is 9.80 Å². The Bertz CT molecular complexity index is 3160. The number of nitrogens with zero attached hydrogens (tertiary/aromatic N) is 2. The Morgan fingerprint density at radius 3 is 0.815 bits per heavy atom. The molecule has 3 nitrogen and oxygen atoms in total. The van der Waals surface area contributed by atoms with Gasteiger partial charge in [0.25, 0.3) is 0 Å². The third-order valence-corrected chi connectivity index (χ3v) is 21.0. The van der Waals surface area contributed by atoms with E-state index >= 15 is 0 Å². The van der Waals surface area contributed by atoms with Crippen molar-refractivity contribution in [1.82, 2.24) is 0 Å². The van der Waals surface area contributed by atoms with Gasteiger partial charge in [0.1, 0.15) is 11.2 Å². The number of rotatable bonds is 6. The van der Waals surface area contributed by atoms with Gasteiger partial charge in [0.05, 0.1) is 22.7 Å². The van der Waals surface area contributed by atoms with Crippen molar-refractivity contribution in [3.63, 3.8) is 0 Å². The van der Waals surface area contributed by atoms with Crippen LogP contribution >= 0.6 is 20.1 Å². The van der Waals surface area contributed by atoms with E-state index in [0.29, 0.717) is 0 Å². The second-order valence-electron chi connectivity index (χ2n) is 16.5. The van der Waals surface area contributed by atoms with Crippen LogP contribution < -0.4 is 9.80 Å². The Labute approximate surface area is 382 Å². The summed E-state index contributed by atoms with van der Waals surface area (Å²) in [5, 5.41) is 2.16. The molecule has 0 amide bonds. The number of hydrogen-bond donors (Lipinski definition) is 0. The molecular weight excluding hydrogens is 829 g/mol. The molecule has 65 heavy (non-hydrogen) atoms. The fourth-order valence-corrected chi connectivity index (χ4v) is 18.8. The molecule has 13 rings (SSSR count). The predicted octanol–water partition coefficient (Wildman–Crippen LogP) is 17.8. The summed E-state index contributed by atoms with van der Waals surface area (Å²) in [5.74, 6) is 0. The van der Waals surface area contributed by atoms with Crippen LogP contribution in [0.4, 0.5) is 34.1 Å². The minimum atomic E-state index is -1.86. The van der Waals surface area contributed by atoms with Crippen LogP contribution in [0, 0.1) is 0 Å². The zero-order chi connectivity index (χ0) is 43.0. The normalized spacial score (nSPS) is 15.3. The fourth-order valence-electron chi connectivity index (χ4n) is 10.5. The van der Waals surface area contributed by atoms with E-state index in [1.54, 1.807) is 0 Å². The second kappa shape index (κ2) is 15.0. The largest absolute Gasteiger partial charge is 0.456 e. The van der Waals surface area contributed by atoms with Crippen LogP contribution in [-0.2, 0) is 0 Å². The molecule has 0 saturated heterocycles. The Morgan fingerprint density at radius 1 is 0.262 bits per heavy atom. The molecule has 11 aromatic rings. The molecule has 0 radical (unpaired) electrons. The second-order valence-corrected chi connectivity index (χ2v) is 22.6. The maximum absolute atomic E-state index is 6.68. The number of benzene rings is 10. The van der Waals surface area contributed by atoms with Gasteiger partial charge >= 0.3 is 0 Å². The maximum Gasteiger partial charge on any atom is 0.135 e. The third kappa shape index (κ3) is 5.46. The highest BCUT2D eigenvalue weighted by molar-refractivity contribution is 8.34. The van der Waals surface area contributed by atoms with Gasteiger partial charge in [-0.15, -0.1) is 20.1 Å². The van der Waals surface area contributed by atoms with Crippen molar-refractivity contribution >= 4 is 76.1 Å². The average Bonchev–Trinajstić information content (AvgIpc) is 3.75. The molecule has 0 saturated carbocycles. The fraction of sp³-hybridized carbons (Fsp3) is 0. The molecule has 10 aromatic carbocycles. The van der Waals surface area contributed by atoms with Gasteiger partial charge in [0.2, 0.25) is 0 Å². The summed E-state index contributed by atoms with van der Waals surface area (Å²) in [5.41, 5.74) is 8.65. The molecule has 1 aromatic heterocycles. The Kier molecular flexibility index (Phi) is 8.70. The number of hydrogen-bond acceptors (Lipinski definition) is 3. The summed E-state index contributed by atoms with van der Waals surface area (Å²) in [6.07, 6.45) is 0. The van der Waals surface area contributed by atoms with Crippen molar-refractivity contribution in [2.24, 2.45) is 0 Å². The van der Waals surface area contributed by atoms with E-state index in [9.17, 15) is 0 Å². The maximum atomic E-state index is 6.68. The lowest BCUT2D eigenvalue weighted by atomic mass is 10.1. The Hall–Kier alpha value is -7.70. The van der Waals surface area contributed by atoms with E-state index in [4.69, 9.17) is 4.42 Å². The van der Waals surface area contributed by atoms with Crippen LogP contribution in [0.25, 0.3) is 21.9 Å². The van der Waals surface area contributed by atoms with Crippen molar-refractivity contribution in [2.45, 2.75) is 39.2 Å². The zero-order valence-electron chi connectivity index (χ0n) is 35.4. The van der Waals surface area contributed by atoms with Gasteiger partial charge in [-0.05, 0) is 133 Å². The topological polar surface area (TPSA) is 19.6 Å². The Balaban J connectivity index is 1.01. The number of anilines is 6. The van der Waals surface area contributed by atoms with Gasteiger partial charge in [0.15, 0.2) is 0 Å². The molecule has 2 aliphatic rings. The van der Waals surface area contributed by atoms with Crippen LogP contribution in [0.3, 0.4) is 0 Å². The lowest BCUT2D eigenvalue weighted by Crippen LogP contribution is -2.21. The van der Waals surface area contributed by atoms with Crippen LogP contribution in [0.2, 0.25) is 0 Å². The monoisotopic (exact) mass is 870 g/mol.